The lowest BCUT2D eigenvalue weighted by Gasteiger charge is -2.33. The summed E-state index contributed by atoms with van der Waals surface area (Å²) in [6.45, 7) is 2.79. The van der Waals surface area contributed by atoms with Gasteiger partial charge < -0.3 is 24.3 Å². The average Bonchev–Trinajstić information content (AvgIpc) is 2.76. The van der Waals surface area contributed by atoms with Crippen LogP contribution in [0.1, 0.15) is 33.6 Å². The summed E-state index contributed by atoms with van der Waals surface area (Å²) in [6.07, 6.45) is 1.88. The molecule has 2 aromatic rings. The predicted molar refractivity (Wildman–Crippen MR) is 126 cm³/mol. The van der Waals surface area contributed by atoms with Crippen LogP contribution in [-0.4, -0.2) is 43.2 Å². The molecule has 0 spiro atoms. The maximum Gasteiger partial charge on any atom is 0.336 e. The Hall–Kier alpha value is -4.27. The zero-order valence-electron chi connectivity index (χ0n) is 19.0. The molecule has 2 fully saturated rings. The normalized spacial score (nSPS) is 15.2. The highest BCUT2D eigenvalue weighted by Crippen LogP contribution is 2.43. The number of carbonyl (C=O) groups excluding carboxylic acids is 1. The zero-order chi connectivity index (χ0) is 25.1. The average molecular weight is 490 g/mol. The van der Waals surface area contributed by atoms with E-state index < -0.39 is 23.6 Å². The van der Waals surface area contributed by atoms with E-state index in [0.29, 0.717) is 37.2 Å². The van der Waals surface area contributed by atoms with Crippen LogP contribution in [0.15, 0.2) is 46.9 Å². The summed E-state index contributed by atoms with van der Waals surface area (Å²) in [4.78, 5) is 25.6. The van der Waals surface area contributed by atoms with Crippen LogP contribution in [0.25, 0.3) is 33.4 Å². The minimum Gasteiger partial charge on any atom is -0.545 e. The SMILES string of the molecule is O=C([O-])c1ccc(C(=O)O)c(-c2c3cc(F)c(=[N+]4CCC4)cc-3oc3cc(N4CCC4)c(F)cc23)c1. The summed E-state index contributed by atoms with van der Waals surface area (Å²) in [7, 11) is 0. The largest absolute Gasteiger partial charge is 0.545 e. The van der Waals surface area contributed by atoms with Gasteiger partial charge in [-0.25, -0.2) is 13.8 Å². The van der Waals surface area contributed by atoms with Crippen LogP contribution < -0.4 is 19.9 Å². The summed E-state index contributed by atoms with van der Waals surface area (Å²) >= 11 is 0. The van der Waals surface area contributed by atoms with Crippen LogP contribution in [-0.2, 0) is 0 Å². The molecule has 0 unspecified atom stereocenters. The second-order valence-electron chi connectivity index (χ2n) is 9.11. The van der Waals surface area contributed by atoms with Crippen LogP contribution in [0.4, 0.5) is 14.5 Å². The van der Waals surface area contributed by atoms with E-state index in [1.807, 2.05) is 9.48 Å². The van der Waals surface area contributed by atoms with E-state index in [-0.39, 0.29) is 44.5 Å². The molecule has 3 aliphatic heterocycles. The number of hydrogen-bond donors (Lipinski definition) is 1. The fraction of sp³-hybridized carbons (Fsp3) is 0.222. The Kier molecular flexibility index (Phi) is 5.03. The number of rotatable bonds is 4. The Labute approximate surface area is 203 Å². The number of aromatic carboxylic acids is 2. The third-order valence-electron chi connectivity index (χ3n) is 7.01. The molecule has 4 aliphatic rings. The predicted octanol–water partition coefficient (Wildman–Crippen LogP) is 2.93. The number of fused-ring (bicyclic) bond motifs is 2. The molecule has 0 atom stereocenters. The molecule has 6 rings (SSSR count). The van der Waals surface area contributed by atoms with Crippen LogP contribution in [0, 0.1) is 11.6 Å². The van der Waals surface area contributed by atoms with Gasteiger partial charge in [0.2, 0.25) is 5.36 Å². The Morgan fingerprint density at radius 2 is 1.75 bits per heavy atom. The number of benzene rings is 3. The zero-order valence-corrected chi connectivity index (χ0v) is 19.0. The van der Waals surface area contributed by atoms with E-state index in [1.54, 1.807) is 12.1 Å². The number of carbonyl (C=O) groups is 2. The van der Waals surface area contributed by atoms with E-state index in [4.69, 9.17) is 4.42 Å². The van der Waals surface area contributed by atoms with Crippen molar-refractivity contribution >= 4 is 28.6 Å². The van der Waals surface area contributed by atoms with Crippen molar-refractivity contribution in [2.24, 2.45) is 0 Å². The molecule has 9 heteroatoms. The van der Waals surface area contributed by atoms with Crippen LogP contribution in [0.3, 0.4) is 0 Å². The maximum atomic E-state index is 15.3. The lowest BCUT2D eigenvalue weighted by molar-refractivity contribution is -0.255. The van der Waals surface area contributed by atoms with Crippen LogP contribution >= 0.6 is 0 Å². The first-order valence-electron chi connectivity index (χ1n) is 11.6. The van der Waals surface area contributed by atoms with Gasteiger partial charge in [-0.1, -0.05) is 6.07 Å². The quantitative estimate of drug-likeness (QED) is 0.349. The molecule has 0 bridgehead atoms. The van der Waals surface area contributed by atoms with Gasteiger partial charge in [-0.3, -0.25) is 0 Å². The Bertz CT molecular complexity index is 1630. The van der Waals surface area contributed by atoms with Gasteiger partial charge in [0, 0.05) is 35.7 Å². The fourth-order valence-electron chi connectivity index (χ4n) is 4.86. The number of hydrogen-bond acceptors (Lipinski definition) is 5. The first kappa shape index (κ1) is 22.2. The van der Waals surface area contributed by atoms with Crippen molar-refractivity contribution in [3.05, 3.63) is 70.6 Å². The third kappa shape index (κ3) is 3.42. The number of nitrogens with zero attached hydrogens (tertiary/aromatic N) is 2. The Morgan fingerprint density at radius 1 is 0.972 bits per heavy atom. The maximum absolute atomic E-state index is 15.3. The van der Waals surface area contributed by atoms with Gasteiger partial charge in [0.05, 0.1) is 29.7 Å². The summed E-state index contributed by atoms with van der Waals surface area (Å²) in [6, 6.07) is 9.03. The first-order valence-corrected chi connectivity index (χ1v) is 11.6. The van der Waals surface area contributed by atoms with Crippen molar-refractivity contribution in [1.82, 2.24) is 4.58 Å². The van der Waals surface area contributed by atoms with E-state index in [0.717, 1.165) is 31.0 Å². The monoisotopic (exact) mass is 490 g/mol. The van der Waals surface area contributed by atoms with Crippen molar-refractivity contribution in [2.45, 2.75) is 12.8 Å². The molecule has 7 nitrogen and oxygen atoms in total. The third-order valence-corrected chi connectivity index (χ3v) is 7.01. The van der Waals surface area contributed by atoms with Crippen molar-refractivity contribution < 1.29 is 33.0 Å². The molecule has 2 saturated heterocycles. The summed E-state index contributed by atoms with van der Waals surface area (Å²) in [5.74, 6) is -3.61. The van der Waals surface area contributed by atoms with Crippen molar-refractivity contribution in [2.75, 3.05) is 31.1 Å². The van der Waals surface area contributed by atoms with Gasteiger partial charge in [0.15, 0.2) is 5.82 Å². The van der Waals surface area contributed by atoms with Gasteiger partial charge in [0.1, 0.15) is 30.3 Å². The van der Waals surface area contributed by atoms with E-state index in [9.17, 15) is 19.8 Å². The van der Waals surface area contributed by atoms with Gasteiger partial charge in [-0.2, -0.15) is 4.39 Å². The Morgan fingerprint density at radius 3 is 2.36 bits per heavy atom. The topological polar surface area (TPSA) is 96.8 Å². The second-order valence-corrected chi connectivity index (χ2v) is 9.11. The smallest absolute Gasteiger partial charge is 0.336 e. The molecule has 0 amide bonds. The highest BCUT2D eigenvalue weighted by molar-refractivity contribution is 6.09. The van der Waals surface area contributed by atoms with Crippen molar-refractivity contribution in [1.29, 1.82) is 0 Å². The molecule has 0 saturated carbocycles. The molecular formula is C27H20F2N2O5. The second kappa shape index (κ2) is 8.15. The highest BCUT2D eigenvalue weighted by atomic mass is 19.1. The van der Waals surface area contributed by atoms with E-state index in [2.05, 4.69) is 0 Å². The molecule has 1 N–H and O–H groups in total. The van der Waals surface area contributed by atoms with Gasteiger partial charge in [0.25, 0.3) is 0 Å². The summed E-state index contributed by atoms with van der Waals surface area (Å²) < 4.78 is 38.6. The molecular weight excluding hydrogens is 470 g/mol. The number of halogens is 2. The molecule has 0 radical (unpaired) electrons. The van der Waals surface area contributed by atoms with E-state index in [1.165, 1.54) is 12.1 Å². The minimum atomic E-state index is -1.50. The van der Waals surface area contributed by atoms with Crippen LogP contribution in [0.2, 0.25) is 0 Å². The molecule has 182 valence electrons. The standard InChI is InChI=1S/C27H20F2N2O5/c28-19-10-17-23(12-21(19)30-5-1-6-30)36-24-13-22(31-7-2-8-31)20(29)11-18(24)25(17)16-9-14(26(32)33)3-4-15(16)27(34)35/h3-4,9-13H,1-2,5-8H2,(H-,32,33,34,35). The van der Waals surface area contributed by atoms with Gasteiger partial charge in [-0.05, 0) is 41.8 Å². The highest BCUT2D eigenvalue weighted by Gasteiger charge is 2.28. The van der Waals surface area contributed by atoms with Crippen molar-refractivity contribution in [3.63, 3.8) is 0 Å². The summed E-state index contributed by atoms with van der Waals surface area (Å²) in [5, 5.41) is 22.0. The lowest BCUT2D eigenvalue weighted by atomic mass is 9.89. The first-order chi connectivity index (χ1) is 17.3. The van der Waals surface area contributed by atoms with Gasteiger partial charge in [-0.15, -0.1) is 0 Å². The molecule has 0 aromatic heterocycles. The lowest BCUT2D eigenvalue weighted by Crippen LogP contribution is -2.42. The Balaban J connectivity index is 1.76. The van der Waals surface area contributed by atoms with Crippen molar-refractivity contribution in [3.8, 4) is 22.5 Å². The molecule has 2 aromatic carbocycles. The van der Waals surface area contributed by atoms with Crippen LogP contribution in [0.5, 0.6) is 0 Å². The molecule has 36 heavy (non-hydrogen) atoms. The van der Waals surface area contributed by atoms with Gasteiger partial charge >= 0.3 is 5.97 Å². The van der Waals surface area contributed by atoms with E-state index >= 15 is 8.78 Å². The fourth-order valence-corrected chi connectivity index (χ4v) is 4.86. The number of carboxylic acids is 2. The number of carboxylic acid groups (broad SMARTS) is 2. The molecule has 1 aliphatic carbocycles. The minimum absolute atomic E-state index is 0.00204. The summed E-state index contributed by atoms with van der Waals surface area (Å²) in [5.41, 5.74) is 0.545. The number of anilines is 1. The molecule has 3 heterocycles.